The number of aliphatic carboxylic acids is 1. The summed E-state index contributed by atoms with van der Waals surface area (Å²) in [5, 5.41) is 12.3. The van der Waals surface area contributed by atoms with Crippen LogP contribution in [0.2, 0.25) is 0 Å². The predicted molar refractivity (Wildman–Crippen MR) is 102 cm³/mol. The molecule has 1 saturated heterocycles. The van der Waals surface area contributed by atoms with Crippen molar-refractivity contribution in [1.29, 1.82) is 0 Å². The quantitative estimate of drug-likeness (QED) is 0.800. The van der Waals surface area contributed by atoms with Crippen LogP contribution in [-0.2, 0) is 9.59 Å². The number of hydrogen-bond donors (Lipinski definition) is 2. The highest BCUT2D eigenvalue weighted by atomic mass is 16.5. The number of fused-ring (bicyclic) bond motifs is 1. The molecule has 3 unspecified atom stereocenters. The van der Waals surface area contributed by atoms with E-state index in [-0.39, 0.29) is 29.3 Å². The van der Waals surface area contributed by atoms with Crippen molar-refractivity contribution >= 4 is 23.5 Å². The van der Waals surface area contributed by atoms with Crippen molar-refractivity contribution in [3.05, 3.63) is 17.7 Å². The molecule has 28 heavy (non-hydrogen) atoms. The van der Waals surface area contributed by atoms with E-state index in [1.807, 2.05) is 0 Å². The van der Waals surface area contributed by atoms with E-state index in [1.165, 1.54) is 38.2 Å². The summed E-state index contributed by atoms with van der Waals surface area (Å²) in [5.41, 5.74) is 0.572. The third-order valence-corrected chi connectivity index (χ3v) is 5.64. The molecule has 0 aromatic heterocycles. The van der Waals surface area contributed by atoms with Gasteiger partial charge in [0.05, 0.1) is 19.9 Å². The van der Waals surface area contributed by atoms with Crippen LogP contribution in [0.25, 0.3) is 0 Å². The van der Waals surface area contributed by atoms with E-state index < -0.39 is 12.0 Å². The Hall–Kier alpha value is -2.77. The summed E-state index contributed by atoms with van der Waals surface area (Å²) >= 11 is 0. The Labute approximate surface area is 163 Å². The first-order valence-corrected chi connectivity index (χ1v) is 9.46. The predicted octanol–water partition coefficient (Wildman–Crippen LogP) is 2.52. The van der Waals surface area contributed by atoms with Crippen molar-refractivity contribution < 1.29 is 29.0 Å². The first kappa shape index (κ1) is 20.0. The average molecular weight is 390 g/mol. The number of amides is 2. The highest BCUT2D eigenvalue weighted by Gasteiger charge is 2.47. The normalized spacial score (nSPS) is 23.7. The van der Waals surface area contributed by atoms with Crippen molar-refractivity contribution in [3.8, 4) is 11.5 Å². The third-order valence-electron chi connectivity index (χ3n) is 5.64. The van der Waals surface area contributed by atoms with E-state index in [9.17, 15) is 19.5 Å². The van der Waals surface area contributed by atoms with Gasteiger partial charge in [0.1, 0.15) is 6.04 Å². The molecule has 1 aliphatic heterocycles. The Kier molecular flexibility index (Phi) is 5.76. The zero-order chi connectivity index (χ0) is 20.4. The van der Waals surface area contributed by atoms with Crippen LogP contribution in [-0.4, -0.2) is 54.1 Å². The van der Waals surface area contributed by atoms with Gasteiger partial charge in [0.25, 0.3) is 5.91 Å². The number of carboxylic acids is 1. The molecule has 8 nitrogen and oxygen atoms in total. The fourth-order valence-electron chi connectivity index (χ4n) is 4.49. The molecule has 1 aromatic rings. The van der Waals surface area contributed by atoms with Crippen molar-refractivity contribution in [1.82, 2.24) is 4.90 Å². The Morgan fingerprint density at radius 1 is 1.14 bits per heavy atom. The fraction of sp³-hybridized carbons (Fsp3) is 0.550. The molecule has 0 spiro atoms. The second-order valence-corrected chi connectivity index (χ2v) is 7.35. The second-order valence-electron chi connectivity index (χ2n) is 7.35. The van der Waals surface area contributed by atoms with E-state index in [0.29, 0.717) is 23.6 Å². The van der Waals surface area contributed by atoms with Crippen LogP contribution < -0.4 is 14.8 Å². The van der Waals surface area contributed by atoms with Gasteiger partial charge in [-0.25, -0.2) is 4.79 Å². The third kappa shape index (κ3) is 3.63. The molecule has 0 radical (unpaired) electrons. The van der Waals surface area contributed by atoms with E-state index in [1.54, 1.807) is 0 Å². The van der Waals surface area contributed by atoms with Crippen LogP contribution >= 0.6 is 0 Å². The summed E-state index contributed by atoms with van der Waals surface area (Å²) in [4.78, 5) is 38.3. The molecule has 1 aromatic carbocycles. The highest BCUT2D eigenvalue weighted by molar-refractivity contribution is 6.00. The van der Waals surface area contributed by atoms with Crippen molar-refractivity contribution in [2.24, 2.45) is 5.92 Å². The summed E-state index contributed by atoms with van der Waals surface area (Å²) in [7, 11) is 2.88. The first-order valence-electron chi connectivity index (χ1n) is 9.46. The van der Waals surface area contributed by atoms with Crippen LogP contribution in [0.4, 0.5) is 5.69 Å². The van der Waals surface area contributed by atoms with Gasteiger partial charge in [-0.05, 0) is 37.3 Å². The molecule has 8 heteroatoms. The average Bonchev–Trinajstić information content (AvgIpc) is 3.06. The number of rotatable bonds is 5. The monoisotopic (exact) mass is 390 g/mol. The SMILES string of the molecule is COc1cc(C(=O)N2C(C(=O)O)CC3CCCCC32)cc(NC(C)=O)c1OC. The maximum atomic E-state index is 13.4. The molecular formula is C20H26N2O6. The number of nitrogens with one attached hydrogen (secondary N) is 1. The molecule has 2 amide bonds. The van der Waals surface area contributed by atoms with Gasteiger partial charge in [-0.2, -0.15) is 0 Å². The number of anilines is 1. The lowest BCUT2D eigenvalue weighted by Gasteiger charge is -2.33. The van der Waals surface area contributed by atoms with Gasteiger partial charge in [0, 0.05) is 18.5 Å². The van der Waals surface area contributed by atoms with Crippen LogP contribution in [0, 0.1) is 5.92 Å². The lowest BCUT2D eigenvalue weighted by molar-refractivity contribution is -0.141. The Morgan fingerprint density at radius 3 is 2.46 bits per heavy atom. The maximum Gasteiger partial charge on any atom is 0.326 e. The van der Waals surface area contributed by atoms with Gasteiger partial charge in [-0.1, -0.05) is 12.8 Å². The van der Waals surface area contributed by atoms with Gasteiger partial charge in [0.2, 0.25) is 5.91 Å². The second kappa shape index (κ2) is 8.08. The van der Waals surface area contributed by atoms with Crippen molar-refractivity contribution in [3.63, 3.8) is 0 Å². The highest BCUT2D eigenvalue weighted by Crippen LogP contribution is 2.42. The number of carbonyl (C=O) groups is 3. The van der Waals surface area contributed by atoms with Crippen molar-refractivity contribution in [2.75, 3.05) is 19.5 Å². The number of carboxylic acid groups (broad SMARTS) is 1. The summed E-state index contributed by atoms with van der Waals surface area (Å²) < 4.78 is 10.6. The van der Waals surface area contributed by atoms with E-state index >= 15 is 0 Å². The number of likely N-dealkylation sites (tertiary alicyclic amines) is 1. The van der Waals surface area contributed by atoms with Gasteiger partial charge >= 0.3 is 5.97 Å². The molecule has 1 heterocycles. The fourth-order valence-corrected chi connectivity index (χ4v) is 4.49. The minimum Gasteiger partial charge on any atom is -0.493 e. The van der Waals surface area contributed by atoms with Gasteiger partial charge in [-0.15, -0.1) is 0 Å². The van der Waals surface area contributed by atoms with Crippen molar-refractivity contribution in [2.45, 2.75) is 51.1 Å². The zero-order valence-electron chi connectivity index (χ0n) is 16.4. The van der Waals surface area contributed by atoms with Crippen LogP contribution in [0.1, 0.15) is 49.4 Å². The number of carbonyl (C=O) groups excluding carboxylic acids is 2. The largest absolute Gasteiger partial charge is 0.493 e. The van der Waals surface area contributed by atoms with Gasteiger partial charge in [0.15, 0.2) is 11.5 Å². The summed E-state index contributed by atoms with van der Waals surface area (Å²) in [5.74, 6) is -0.848. The molecule has 0 bridgehead atoms. The molecule has 152 valence electrons. The molecule has 1 saturated carbocycles. The van der Waals surface area contributed by atoms with Crippen LogP contribution in [0.5, 0.6) is 11.5 Å². The van der Waals surface area contributed by atoms with E-state index in [4.69, 9.17) is 9.47 Å². The smallest absolute Gasteiger partial charge is 0.326 e. The van der Waals surface area contributed by atoms with Gasteiger partial charge < -0.3 is 24.8 Å². The maximum absolute atomic E-state index is 13.4. The van der Waals surface area contributed by atoms with E-state index in [2.05, 4.69) is 5.32 Å². The summed E-state index contributed by atoms with van der Waals surface area (Å²) in [6.45, 7) is 1.36. The van der Waals surface area contributed by atoms with Crippen LogP contribution in [0.3, 0.4) is 0 Å². The Morgan fingerprint density at radius 2 is 1.86 bits per heavy atom. The number of ether oxygens (including phenoxy) is 2. The van der Waals surface area contributed by atoms with Crippen LogP contribution in [0.15, 0.2) is 12.1 Å². The molecular weight excluding hydrogens is 364 g/mol. The number of nitrogens with zero attached hydrogens (tertiary/aromatic N) is 1. The minimum atomic E-state index is -0.981. The first-order chi connectivity index (χ1) is 13.4. The topological polar surface area (TPSA) is 105 Å². The molecule has 3 atom stereocenters. The minimum absolute atomic E-state index is 0.0698. The summed E-state index contributed by atoms with van der Waals surface area (Å²) in [6, 6.07) is 2.14. The molecule has 1 aliphatic carbocycles. The molecule has 2 fully saturated rings. The van der Waals surface area contributed by atoms with Gasteiger partial charge in [-0.3, -0.25) is 9.59 Å². The molecule has 3 rings (SSSR count). The number of methoxy groups -OCH3 is 2. The van der Waals surface area contributed by atoms with E-state index in [0.717, 1.165) is 25.7 Å². The Bertz CT molecular complexity index is 793. The number of hydrogen-bond acceptors (Lipinski definition) is 5. The number of benzene rings is 1. The lowest BCUT2D eigenvalue weighted by atomic mass is 9.84. The standard InChI is InChI=1S/C20H26N2O6/c1-11(23)21-14-8-13(10-17(27-2)18(14)28-3)19(24)22-15-7-5-4-6-12(15)9-16(22)20(25)26/h8,10,12,15-16H,4-7,9H2,1-3H3,(H,21,23)(H,25,26). The lowest BCUT2D eigenvalue weighted by Crippen LogP contribution is -2.46. The molecule has 2 aliphatic rings. The Balaban J connectivity index is 2.02. The zero-order valence-corrected chi connectivity index (χ0v) is 16.4. The molecule has 2 N–H and O–H groups in total. The summed E-state index contributed by atoms with van der Waals surface area (Å²) in [6.07, 6.45) is 4.30.